The van der Waals surface area contributed by atoms with Crippen LogP contribution in [0.4, 0.5) is 0 Å². The molecule has 3 rings (SSSR count). The Morgan fingerprint density at radius 1 is 1.00 bits per heavy atom. The fourth-order valence-corrected chi connectivity index (χ4v) is 4.52. The van der Waals surface area contributed by atoms with Gasteiger partial charge in [0.25, 0.3) is 5.91 Å². The number of methoxy groups -OCH3 is 4. The number of amides is 1. The highest BCUT2D eigenvalue weighted by molar-refractivity contribution is 5.98. The van der Waals surface area contributed by atoms with Crippen molar-refractivity contribution in [3.63, 3.8) is 0 Å². The maximum atomic E-state index is 13.4. The summed E-state index contributed by atoms with van der Waals surface area (Å²) in [6, 6.07) is 2.58. The van der Waals surface area contributed by atoms with Crippen molar-refractivity contribution < 1.29 is 67.0 Å². The molecule has 0 bridgehead atoms. The summed E-state index contributed by atoms with van der Waals surface area (Å²) in [4.78, 5) is 68.8. The molecule has 0 radical (unpaired) electrons. The highest BCUT2D eigenvalue weighted by Gasteiger charge is 2.42. The van der Waals surface area contributed by atoms with Gasteiger partial charge in [-0.15, -0.1) is 0 Å². The highest BCUT2D eigenvalue weighted by Crippen LogP contribution is 2.38. The van der Waals surface area contributed by atoms with Crippen LogP contribution >= 0.6 is 0 Å². The number of aromatic hydroxyl groups is 1. The van der Waals surface area contributed by atoms with Crippen LogP contribution in [0.1, 0.15) is 48.0 Å². The third-order valence-electron chi connectivity index (χ3n) is 7.05. The van der Waals surface area contributed by atoms with Crippen molar-refractivity contribution in [2.75, 3.05) is 41.7 Å². The number of benzene rings is 1. The molecule has 1 aromatic carbocycles. The number of nitrogens with zero attached hydrogens (tertiary/aromatic N) is 1. The van der Waals surface area contributed by atoms with E-state index in [2.05, 4.69) is 10.3 Å². The van der Waals surface area contributed by atoms with E-state index in [1.54, 1.807) is 13.8 Å². The van der Waals surface area contributed by atoms with Crippen LogP contribution in [-0.2, 0) is 33.3 Å². The summed E-state index contributed by atoms with van der Waals surface area (Å²) >= 11 is 0. The molecule has 0 unspecified atom stereocenters. The number of pyridine rings is 1. The van der Waals surface area contributed by atoms with Crippen molar-refractivity contribution in [1.82, 2.24) is 10.3 Å². The Labute approximate surface area is 270 Å². The van der Waals surface area contributed by atoms with Crippen molar-refractivity contribution in [1.29, 1.82) is 0 Å². The molecule has 16 heteroatoms. The molecule has 47 heavy (non-hydrogen) atoms. The molecular weight excluding hydrogens is 624 g/mol. The second-order valence-corrected chi connectivity index (χ2v) is 10.5. The number of carbonyl (C=O) groups is 5. The van der Waals surface area contributed by atoms with E-state index in [1.807, 2.05) is 0 Å². The smallest absolute Gasteiger partial charge is 0.338 e. The molecule has 1 aromatic heterocycles. The van der Waals surface area contributed by atoms with Crippen molar-refractivity contribution >= 4 is 29.8 Å². The number of cyclic esters (lactones) is 2. The van der Waals surface area contributed by atoms with Crippen LogP contribution in [0.25, 0.3) is 0 Å². The van der Waals surface area contributed by atoms with Gasteiger partial charge in [0, 0.05) is 12.3 Å². The molecule has 1 fully saturated rings. The molecule has 4 atom stereocenters. The Kier molecular flexibility index (Phi) is 12.6. The molecule has 1 saturated heterocycles. The zero-order chi connectivity index (χ0) is 34.8. The Balaban J connectivity index is 1.82. The minimum atomic E-state index is -1.53. The van der Waals surface area contributed by atoms with Crippen molar-refractivity contribution in [3.05, 3.63) is 35.7 Å². The van der Waals surface area contributed by atoms with Crippen LogP contribution in [0.3, 0.4) is 0 Å². The number of nitrogens with one attached hydrogen (secondary N) is 1. The number of hydrogen-bond acceptors (Lipinski definition) is 15. The minimum absolute atomic E-state index is 0.0362. The topological polar surface area (TPSA) is 204 Å². The van der Waals surface area contributed by atoms with Crippen molar-refractivity contribution in [2.45, 2.75) is 45.4 Å². The standard InChI is InChI=1S/C31H38N2O14/c1-15(2)28(36)47-25-16(3)46-31(39)19(33-27(35)23-24(34)20(40-4)8-10-32-23)14-45-30(38)18(25)9-11-44-29(37)17-12-21(41-5)26(43-7)22(13-17)42-6/h8,10,12-13,15-16,18-19,25,34H,9,11,14H2,1-7H3,(H,33,35)/t16-,18+,19-,25-/m0/s1. The Morgan fingerprint density at radius 2 is 1.64 bits per heavy atom. The summed E-state index contributed by atoms with van der Waals surface area (Å²) < 4.78 is 42.7. The van der Waals surface area contributed by atoms with Gasteiger partial charge in [-0.2, -0.15) is 0 Å². The van der Waals surface area contributed by atoms with Gasteiger partial charge in [-0.25, -0.2) is 14.6 Å². The largest absolute Gasteiger partial charge is 0.503 e. The van der Waals surface area contributed by atoms with Crippen molar-refractivity contribution in [2.24, 2.45) is 11.8 Å². The molecule has 2 heterocycles. The molecule has 256 valence electrons. The third kappa shape index (κ3) is 8.71. The van der Waals surface area contributed by atoms with Crippen LogP contribution in [0, 0.1) is 11.8 Å². The Bertz CT molecular complexity index is 1450. The van der Waals surface area contributed by atoms with E-state index in [9.17, 15) is 29.1 Å². The Hall–Kier alpha value is -5.28. The van der Waals surface area contributed by atoms with Crippen molar-refractivity contribution in [3.8, 4) is 28.7 Å². The molecular formula is C31H38N2O14. The quantitative estimate of drug-likeness (QED) is 0.246. The van der Waals surface area contributed by atoms with Crippen LogP contribution in [0.2, 0.25) is 0 Å². The molecule has 16 nitrogen and oxygen atoms in total. The molecule has 0 spiro atoms. The van der Waals surface area contributed by atoms with Crippen LogP contribution in [-0.4, -0.2) is 99.8 Å². The molecule has 1 aliphatic rings. The second-order valence-electron chi connectivity index (χ2n) is 10.5. The fraction of sp³-hybridized carbons (Fsp3) is 0.484. The lowest BCUT2D eigenvalue weighted by atomic mass is 9.94. The Morgan fingerprint density at radius 3 is 2.21 bits per heavy atom. The first kappa shape index (κ1) is 36.2. The van der Waals surface area contributed by atoms with Crippen LogP contribution in [0.5, 0.6) is 28.7 Å². The first-order valence-electron chi connectivity index (χ1n) is 14.4. The van der Waals surface area contributed by atoms with Gasteiger partial charge in [0.05, 0.1) is 46.5 Å². The first-order valence-corrected chi connectivity index (χ1v) is 14.4. The lowest BCUT2D eigenvalue weighted by Crippen LogP contribution is -2.46. The number of esters is 4. The van der Waals surface area contributed by atoms with Gasteiger partial charge < -0.3 is 48.3 Å². The lowest BCUT2D eigenvalue weighted by Gasteiger charge is -2.29. The molecule has 0 aliphatic carbocycles. The zero-order valence-corrected chi connectivity index (χ0v) is 27.0. The summed E-state index contributed by atoms with van der Waals surface area (Å²) in [7, 11) is 5.46. The van der Waals surface area contributed by atoms with Gasteiger partial charge in [0.15, 0.2) is 40.8 Å². The van der Waals surface area contributed by atoms with E-state index in [1.165, 1.54) is 59.8 Å². The van der Waals surface area contributed by atoms with Gasteiger partial charge in [-0.05, 0) is 25.5 Å². The van der Waals surface area contributed by atoms with E-state index < -0.39 is 77.9 Å². The number of carbonyl (C=O) groups excluding carboxylic acids is 5. The third-order valence-corrected chi connectivity index (χ3v) is 7.05. The van der Waals surface area contributed by atoms with Gasteiger partial charge in [-0.1, -0.05) is 13.8 Å². The van der Waals surface area contributed by atoms with Gasteiger partial charge in [0.2, 0.25) is 5.75 Å². The predicted octanol–water partition coefficient (Wildman–Crippen LogP) is 1.84. The predicted molar refractivity (Wildman–Crippen MR) is 159 cm³/mol. The fourth-order valence-electron chi connectivity index (χ4n) is 4.52. The minimum Gasteiger partial charge on any atom is -0.503 e. The zero-order valence-electron chi connectivity index (χ0n) is 27.0. The summed E-state index contributed by atoms with van der Waals surface area (Å²) in [5.74, 6) is -6.15. The average Bonchev–Trinajstić information content (AvgIpc) is 3.09. The maximum Gasteiger partial charge on any atom is 0.338 e. The van der Waals surface area contributed by atoms with Gasteiger partial charge in [0.1, 0.15) is 18.6 Å². The van der Waals surface area contributed by atoms with E-state index in [-0.39, 0.29) is 41.6 Å². The van der Waals surface area contributed by atoms with Crippen LogP contribution in [0.15, 0.2) is 24.4 Å². The molecule has 2 N–H and O–H groups in total. The summed E-state index contributed by atoms with van der Waals surface area (Å²) in [5.41, 5.74) is -0.385. The van der Waals surface area contributed by atoms with Gasteiger partial charge in [-0.3, -0.25) is 14.4 Å². The number of ether oxygens (including phenoxy) is 8. The maximum absolute atomic E-state index is 13.4. The lowest BCUT2D eigenvalue weighted by molar-refractivity contribution is -0.177. The number of rotatable bonds is 12. The molecule has 2 aromatic rings. The summed E-state index contributed by atoms with van der Waals surface area (Å²) in [6.45, 7) is 3.54. The highest BCUT2D eigenvalue weighted by atomic mass is 16.6. The second kappa shape index (κ2) is 16.3. The molecule has 1 amide bonds. The normalized spacial score (nSPS) is 19.6. The summed E-state index contributed by atoms with van der Waals surface area (Å²) in [6.07, 6.45) is -1.55. The monoisotopic (exact) mass is 662 g/mol. The van der Waals surface area contributed by atoms with E-state index in [0.717, 1.165) is 0 Å². The van der Waals surface area contributed by atoms with Crippen LogP contribution < -0.4 is 24.3 Å². The van der Waals surface area contributed by atoms with E-state index in [0.29, 0.717) is 0 Å². The first-order chi connectivity index (χ1) is 22.4. The average molecular weight is 663 g/mol. The summed E-state index contributed by atoms with van der Waals surface area (Å²) in [5, 5.41) is 12.6. The number of aromatic nitrogens is 1. The van der Waals surface area contributed by atoms with E-state index in [4.69, 9.17) is 37.9 Å². The molecule has 0 saturated carbocycles. The van der Waals surface area contributed by atoms with Gasteiger partial charge >= 0.3 is 23.9 Å². The number of hydrogen-bond donors (Lipinski definition) is 2. The van der Waals surface area contributed by atoms with E-state index >= 15 is 0 Å². The molecule has 1 aliphatic heterocycles. The SMILES string of the molecule is COc1ccnc(C(=O)N[C@H]2COC(=O)[C@H](CCOC(=O)c3cc(OC)c(OC)c(OC)c3)[C@@H](OC(=O)C(C)C)[C@H](C)OC2=O)c1O.